The van der Waals surface area contributed by atoms with Crippen LogP contribution in [0.15, 0.2) is 24.3 Å². The maximum atomic E-state index is 12.5. The molecule has 0 N–H and O–H groups in total. The molecule has 0 aromatic heterocycles. The quantitative estimate of drug-likeness (QED) is 0.804. The molecule has 1 aliphatic carbocycles. The van der Waals surface area contributed by atoms with Gasteiger partial charge in [-0.05, 0) is 43.2 Å². The molecule has 0 radical (unpaired) electrons. The zero-order valence-corrected chi connectivity index (χ0v) is 12.4. The average molecular weight is 292 g/mol. The topological polar surface area (TPSA) is 51.2 Å². The molecule has 0 bridgehead atoms. The SMILES string of the molecule is O=C(c1cccc(C2CCC2)c1)C1CCCCS1(=O)=O. The molecule has 2 fully saturated rings. The first-order chi connectivity index (χ1) is 9.58. The Labute approximate surface area is 120 Å². The minimum Gasteiger partial charge on any atom is -0.293 e. The van der Waals surface area contributed by atoms with Crippen LogP contribution in [0.4, 0.5) is 0 Å². The van der Waals surface area contributed by atoms with Crippen LogP contribution in [0.1, 0.15) is 60.4 Å². The highest BCUT2D eigenvalue weighted by molar-refractivity contribution is 7.92. The van der Waals surface area contributed by atoms with E-state index in [9.17, 15) is 13.2 Å². The highest BCUT2D eigenvalue weighted by Gasteiger charge is 2.35. The number of hydrogen-bond acceptors (Lipinski definition) is 3. The van der Waals surface area contributed by atoms with E-state index in [-0.39, 0.29) is 11.5 Å². The third kappa shape index (κ3) is 2.53. The van der Waals surface area contributed by atoms with Gasteiger partial charge >= 0.3 is 0 Å². The maximum absolute atomic E-state index is 12.5. The number of carbonyl (C=O) groups excluding carboxylic acids is 1. The van der Waals surface area contributed by atoms with Gasteiger partial charge < -0.3 is 0 Å². The second-order valence-electron chi connectivity index (χ2n) is 5.97. The summed E-state index contributed by atoms with van der Waals surface area (Å²) in [6, 6.07) is 7.61. The largest absolute Gasteiger partial charge is 0.293 e. The normalized spacial score (nSPS) is 25.9. The van der Waals surface area contributed by atoms with E-state index < -0.39 is 15.1 Å². The smallest absolute Gasteiger partial charge is 0.180 e. The van der Waals surface area contributed by atoms with Gasteiger partial charge in [-0.2, -0.15) is 0 Å². The first-order valence-corrected chi connectivity index (χ1v) is 9.15. The summed E-state index contributed by atoms with van der Waals surface area (Å²) in [6.45, 7) is 0. The standard InChI is InChI=1S/C16H20O3S/c17-16(15-9-1-2-10-20(15,18)19)14-8-4-7-13(11-14)12-5-3-6-12/h4,7-8,11-12,15H,1-3,5-6,9-10H2. The fourth-order valence-electron chi connectivity index (χ4n) is 3.12. The van der Waals surface area contributed by atoms with E-state index in [4.69, 9.17) is 0 Å². The van der Waals surface area contributed by atoms with Crippen molar-refractivity contribution in [2.75, 3.05) is 5.75 Å². The Hall–Kier alpha value is -1.16. The Kier molecular flexibility index (Phi) is 3.67. The molecule has 1 saturated carbocycles. The van der Waals surface area contributed by atoms with Crippen LogP contribution in [0.3, 0.4) is 0 Å². The molecule has 3 rings (SSSR count). The Morgan fingerprint density at radius 3 is 2.50 bits per heavy atom. The van der Waals surface area contributed by atoms with Crippen molar-refractivity contribution in [3.8, 4) is 0 Å². The van der Waals surface area contributed by atoms with Crippen LogP contribution in [0.2, 0.25) is 0 Å². The second kappa shape index (κ2) is 5.32. The molecular formula is C16H20O3S. The van der Waals surface area contributed by atoms with Gasteiger partial charge in [-0.25, -0.2) is 8.42 Å². The Morgan fingerprint density at radius 2 is 1.85 bits per heavy atom. The van der Waals surface area contributed by atoms with Gasteiger partial charge in [-0.3, -0.25) is 4.79 Å². The number of ketones is 1. The van der Waals surface area contributed by atoms with Gasteiger partial charge in [0, 0.05) is 5.56 Å². The molecule has 0 spiro atoms. The summed E-state index contributed by atoms with van der Waals surface area (Å²) in [5, 5.41) is -0.812. The molecule has 1 atom stereocenters. The third-order valence-corrected chi connectivity index (χ3v) is 6.79. The highest BCUT2D eigenvalue weighted by Crippen LogP contribution is 2.36. The summed E-state index contributed by atoms with van der Waals surface area (Å²) in [7, 11) is -3.25. The maximum Gasteiger partial charge on any atom is 0.180 e. The van der Waals surface area contributed by atoms with Crippen molar-refractivity contribution in [3.05, 3.63) is 35.4 Å². The fourth-order valence-corrected chi connectivity index (χ4v) is 5.00. The minimum absolute atomic E-state index is 0.158. The fraction of sp³-hybridized carbons (Fsp3) is 0.562. The first kappa shape index (κ1) is 13.8. The van der Waals surface area contributed by atoms with Crippen LogP contribution in [0.25, 0.3) is 0 Å². The number of rotatable bonds is 3. The van der Waals surface area contributed by atoms with Crippen molar-refractivity contribution in [2.24, 2.45) is 0 Å². The van der Waals surface area contributed by atoms with Crippen LogP contribution in [0.5, 0.6) is 0 Å². The molecule has 4 heteroatoms. The Bertz CT molecular complexity index is 614. The number of sulfone groups is 1. The van der Waals surface area contributed by atoms with Gasteiger partial charge in [0.15, 0.2) is 15.6 Å². The molecule has 3 nitrogen and oxygen atoms in total. The molecule has 20 heavy (non-hydrogen) atoms. The molecule has 1 aromatic carbocycles. The Morgan fingerprint density at radius 1 is 1.05 bits per heavy atom. The lowest BCUT2D eigenvalue weighted by molar-refractivity contribution is 0.0981. The van der Waals surface area contributed by atoms with Gasteiger partial charge in [-0.15, -0.1) is 0 Å². The van der Waals surface area contributed by atoms with E-state index >= 15 is 0 Å². The Balaban J connectivity index is 1.86. The predicted molar refractivity (Wildman–Crippen MR) is 78.8 cm³/mol. The van der Waals surface area contributed by atoms with Crippen LogP contribution >= 0.6 is 0 Å². The summed E-state index contributed by atoms with van der Waals surface area (Å²) >= 11 is 0. The van der Waals surface area contributed by atoms with Crippen molar-refractivity contribution >= 4 is 15.6 Å². The molecule has 1 heterocycles. The van der Waals surface area contributed by atoms with Gasteiger partial charge in [-0.1, -0.05) is 31.0 Å². The zero-order valence-electron chi connectivity index (χ0n) is 11.5. The molecule has 1 aliphatic heterocycles. The number of Topliss-reactive ketones (excluding diaryl/α,β-unsaturated/α-hetero) is 1. The molecular weight excluding hydrogens is 272 g/mol. The van der Waals surface area contributed by atoms with Crippen LogP contribution in [-0.4, -0.2) is 25.2 Å². The van der Waals surface area contributed by atoms with Crippen molar-refractivity contribution in [2.45, 2.75) is 49.7 Å². The lowest BCUT2D eigenvalue weighted by atomic mass is 9.79. The van der Waals surface area contributed by atoms with E-state index in [0.717, 1.165) is 6.42 Å². The summed E-state index contributed by atoms with van der Waals surface area (Å²) in [5.74, 6) is 0.516. The van der Waals surface area contributed by atoms with E-state index in [1.54, 1.807) is 6.07 Å². The van der Waals surface area contributed by atoms with Gasteiger partial charge in [0.1, 0.15) is 5.25 Å². The van der Waals surface area contributed by atoms with Gasteiger partial charge in [0.05, 0.1) is 5.75 Å². The van der Waals surface area contributed by atoms with E-state index in [1.807, 2.05) is 12.1 Å². The van der Waals surface area contributed by atoms with Crippen molar-refractivity contribution in [1.82, 2.24) is 0 Å². The predicted octanol–water partition coefficient (Wildman–Crippen LogP) is 3.10. The van der Waals surface area contributed by atoms with Gasteiger partial charge in [0.2, 0.25) is 0 Å². The molecule has 1 unspecified atom stereocenters. The van der Waals surface area contributed by atoms with Crippen LogP contribution < -0.4 is 0 Å². The number of hydrogen-bond donors (Lipinski definition) is 0. The van der Waals surface area contributed by atoms with E-state index in [2.05, 4.69) is 6.07 Å². The molecule has 1 aromatic rings. The first-order valence-electron chi connectivity index (χ1n) is 7.44. The molecule has 1 saturated heterocycles. The summed E-state index contributed by atoms with van der Waals surface area (Å²) in [4.78, 5) is 12.5. The third-order valence-electron chi connectivity index (χ3n) is 4.62. The summed E-state index contributed by atoms with van der Waals surface area (Å²) < 4.78 is 24.1. The van der Waals surface area contributed by atoms with Crippen molar-refractivity contribution in [3.63, 3.8) is 0 Å². The molecule has 2 aliphatic rings. The van der Waals surface area contributed by atoms with Gasteiger partial charge in [0.25, 0.3) is 0 Å². The minimum atomic E-state index is -3.25. The lowest BCUT2D eigenvalue weighted by Crippen LogP contribution is -2.35. The van der Waals surface area contributed by atoms with Crippen molar-refractivity contribution < 1.29 is 13.2 Å². The number of carbonyl (C=O) groups is 1. The summed E-state index contributed by atoms with van der Waals surface area (Å²) in [6.07, 6.45) is 5.61. The van der Waals surface area contributed by atoms with Crippen LogP contribution in [-0.2, 0) is 9.84 Å². The second-order valence-corrected chi connectivity index (χ2v) is 8.27. The average Bonchev–Trinajstić information content (AvgIpc) is 2.36. The van der Waals surface area contributed by atoms with Crippen LogP contribution in [0, 0.1) is 0 Å². The highest BCUT2D eigenvalue weighted by atomic mass is 32.2. The summed E-state index contributed by atoms with van der Waals surface area (Å²) in [5.41, 5.74) is 1.76. The lowest BCUT2D eigenvalue weighted by Gasteiger charge is -2.26. The molecule has 108 valence electrons. The zero-order chi connectivity index (χ0) is 14.2. The number of benzene rings is 1. The molecule has 0 amide bonds. The monoisotopic (exact) mass is 292 g/mol. The van der Waals surface area contributed by atoms with E-state index in [0.29, 0.717) is 24.3 Å². The van der Waals surface area contributed by atoms with Crippen molar-refractivity contribution in [1.29, 1.82) is 0 Å². The van der Waals surface area contributed by atoms with E-state index in [1.165, 1.54) is 24.8 Å².